The normalized spacial score (nSPS) is 14.9. The zero-order chi connectivity index (χ0) is 18.8. The maximum Gasteiger partial charge on any atom is 0.335 e. The molecule has 1 N–H and O–H groups in total. The number of fused-ring (bicyclic) bond motifs is 1. The number of aryl methyl sites for hydroxylation is 1. The monoisotopic (exact) mass is 361 g/mol. The molecule has 0 amide bonds. The smallest absolute Gasteiger partial charge is 0.335 e. The van der Waals surface area contributed by atoms with Gasteiger partial charge in [-0.15, -0.1) is 0 Å². The second-order valence-corrected chi connectivity index (χ2v) is 6.97. The molecule has 0 bridgehead atoms. The maximum absolute atomic E-state index is 11.0. The highest BCUT2D eigenvalue weighted by Gasteiger charge is 2.20. The number of aliphatic imine (C=N–C) groups is 1. The molecule has 0 unspecified atom stereocenters. The van der Waals surface area contributed by atoms with Gasteiger partial charge in [0.05, 0.1) is 16.8 Å². The number of rotatable bonds is 4. The molecule has 0 atom stereocenters. The first-order valence-electron chi connectivity index (χ1n) is 9.35. The highest BCUT2D eigenvalue weighted by atomic mass is 16.4. The number of carboxylic acids is 1. The van der Waals surface area contributed by atoms with Crippen LogP contribution < -0.4 is 4.90 Å². The lowest BCUT2D eigenvalue weighted by molar-refractivity contribution is 0.0697. The van der Waals surface area contributed by atoms with E-state index in [1.165, 1.54) is 36.0 Å². The molecule has 5 heteroatoms. The Kier molecular flexibility index (Phi) is 4.67. The summed E-state index contributed by atoms with van der Waals surface area (Å²) in [6.07, 6.45) is 5.64. The largest absolute Gasteiger partial charge is 0.478 e. The molecule has 4 rings (SSSR count). The second kappa shape index (κ2) is 7.27. The number of benzene rings is 2. The van der Waals surface area contributed by atoms with E-state index in [0.717, 1.165) is 24.3 Å². The molecule has 1 aromatic heterocycles. The molecule has 2 aromatic carbocycles. The number of carbonyl (C=O) groups is 1. The Balaban J connectivity index is 1.76. The Bertz CT molecular complexity index is 996. The lowest BCUT2D eigenvalue weighted by Gasteiger charge is -2.29. The first-order valence-corrected chi connectivity index (χ1v) is 9.35. The molecule has 27 heavy (non-hydrogen) atoms. The molecule has 138 valence electrons. The van der Waals surface area contributed by atoms with Gasteiger partial charge in [-0.2, -0.15) is 0 Å². The number of carboxylic acid groups (broad SMARTS) is 1. The summed E-state index contributed by atoms with van der Waals surface area (Å²) in [5.74, 6) is 0.286. The Morgan fingerprint density at radius 2 is 1.74 bits per heavy atom. The van der Waals surface area contributed by atoms with Gasteiger partial charge in [-0.25, -0.2) is 4.79 Å². The SMILES string of the molecule is Cn1c(N2CCCCC2)c(C=Nc2ccc(C(=O)O)cc2)c2ccccc21. The molecular formula is C22H23N3O2. The zero-order valence-electron chi connectivity index (χ0n) is 15.4. The van der Waals surface area contributed by atoms with Gasteiger partial charge < -0.3 is 14.6 Å². The van der Waals surface area contributed by atoms with E-state index in [-0.39, 0.29) is 5.56 Å². The van der Waals surface area contributed by atoms with Crippen molar-refractivity contribution in [2.45, 2.75) is 19.3 Å². The summed E-state index contributed by atoms with van der Waals surface area (Å²) in [6, 6.07) is 15.1. The van der Waals surface area contributed by atoms with Crippen molar-refractivity contribution in [1.82, 2.24) is 4.57 Å². The highest BCUT2D eigenvalue weighted by molar-refractivity contribution is 6.06. The lowest BCUT2D eigenvalue weighted by atomic mass is 10.1. The molecule has 5 nitrogen and oxygen atoms in total. The van der Waals surface area contributed by atoms with Gasteiger partial charge in [-0.1, -0.05) is 18.2 Å². The predicted octanol–water partition coefficient (Wildman–Crippen LogP) is 4.62. The zero-order valence-corrected chi connectivity index (χ0v) is 15.4. The van der Waals surface area contributed by atoms with E-state index in [9.17, 15) is 4.79 Å². The molecule has 1 aliphatic rings. The van der Waals surface area contributed by atoms with Crippen molar-refractivity contribution in [3.63, 3.8) is 0 Å². The van der Waals surface area contributed by atoms with Crippen LogP contribution in [-0.4, -0.2) is 34.9 Å². The third-order valence-corrected chi connectivity index (χ3v) is 5.23. The van der Waals surface area contributed by atoms with E-state index in [1.807, 2.05) is 6.21 Å². The summed E-state index contributed by atoms with van der Waals surface area (Å²) in [7, 11) is 2.12. The first kappa shape index (κ1) is 17.3. The molecule has 0 radical (unpaired) electrons. The number of aromatic nitrogens is 1. The van der Waals surface area contributed by atoms with Crippen LogP contribution in [0, 0.1) is 0 Å². The van der Waals surface area contributed by atoms with Gasteiger partial charge in [0.15, 0.2) is 0 Å². The fourth-order valence-electron chi connectivity index (χ4n) is 3.85. The molecular weight excluding hydrogens is 338 g/mol. The van der Waals surface area contributed by atoms with Crippen LogP contribution in [0.4, 0.5) is 11.5 Å². The minimum atomic E-state index is -0.924. The van der Waals surface area contributed by atoms with Gasteiger partial charge in [0.25, 0.3) is 0 Å². The molecule has 1 aliphatic heterocycles. The van der Waals surface area contributed by atoms with Gasteiger partial charge in [-0.3, -0.25) is 4.99 Å². The fraction of sp³-hybridized carbons (Fsp3) is 0.273. The Morgan fingerprint density at radius 1 is 1.04 bits per heavy atom. The summed E-state index contributed by atoms with van der Waals surface area (Å²) in [5.41, 5.74) is 3.34. The number of piperidine rings is 1. The number of hydrogen-bond donors (Lipinski definition) is 1. The van der Waals surface area contributed by atoms with Gasteiger partial charge in [0, 0.05) is 37.3 Å². The standard InChI is InChI=1S/C22H23N3O2/c1-24-20-8-4-3-7-18(20)19(21(24)25-13-5-2-6-14-25)15-23-17-11-9-16(10-12-17)22(26)27/h3-4,7-12,15H,2,5-6,13-14H2,1H3,(H,26,27). The van der Waals surface area contributed by atoms with Crippen molar-refractivity contribution in [3.8, 4) is 0 Å². The van der Waals surface area contributed by atoms with E-state index >= 15 is 0 Å². The Hall–Kier alpha value is -3.08. The average Bonchev–Trinajstić information content (AvgIpc) is 2.99. The Labute approximate surface area is 158 Å². The molecule has 2 heterocycles. The Morgan fingerprint density at radius 3 is 2.44 bits per heavy atom. The predicted molar refractivity (Wildman–Crippen MR) is 110 cm³/mol. The molecule has 1 saturated heterocycles. The van der Waals surface area contributed by atoms with E-state index in [1.54, 1.807) is 24.3 Å². The maximum atomic E-state index is 11.0. The van der Waals surface area contributed by atoms with Gasteiger partial charge in [0.2, 0.25) is 0 Å². The van der Waals surface area contributed by atoms with E-state index in [0.29, 0.717) is 0 Å². The minimum absolute atomic E-state index is 0.271. The van der Waals surface area contributed by atoms with Crippen LogP contribution in [0.2, 0.25) is 0 Å². The van der Waals surface area contributed by atoms with Gasteiger partial charge in [0.1, 0.15) is 5.82 Å². The highest BCUT2D eigenvalue weighted by Crippen LogP contribution is 2.32. The summed E-state index contributed by atoms with van der Waals surface area (Å²) >= 11 is 0. The van der Waals surface area contributed by atoms with Crippen molar-refractivity contribution in [3.05, 3.63) is 59.7 Å². The summed E-state index contributed by atoms with van der Waals surface area (Å²) in [5, 5.41) is 10.2. The van der Waals surface area contributed by atoms with Crippen LogP contribution in [-0.2, 0) is 7.05 Å². The summed E-state index contributed by atoms with van der Waals surface area (Å²) in [6.45, 7) is 2.14. The van der Waals surface area contributed by atoms with Crippen molar-refractivity contribution in [1.29, 1.82) is 0 Å². The van der Waals surface area contributed by atoms with Gasteiger partial charge >= 0.3 is 5.97 Å². The van der Waals surface area contributed by atoms with Crippen molar-refractivity contribution < 1.29 is 9.90 Å². The molecule has 0 saturated carbocycles. The topological polar surface area (TPSA) is 57.8 Å². The van der Waals surface area contributed by atoms with Crippen LogP contribution in [0.5, 0.6) is 0 Å². The minimum Gasteiger partial charge on any atom is -0.478 e. The van der Waals surface area contributed by atoms with Crippen LogP contribution in [0.1, 0.15) is 35.2 Å². The van der Waals surface area contributed by atoms with Gasteiger partial charge in [-0.05, 0) is 49.6 Å². The lowest BCUT2D eigenvalue weighted by Crippen LogP contribution is -2.31. The second-order valence-electron chi connectivity index (χ2n) is 6.97. The number of anilines is 1. The third kappa shape index (κ3) is 3.33. The third-order valence-electron chi connectivity index (χ3n) is 5.23. The van der Waals surface area contributed by atoms with Crippen molar-refractivity contribution in [2.75, 3.05) is 18.0 Å². The number of para-hydroxylation sites is 1. The summed E-state index contributed by atoms with van der Waals surface area (Å²) < 4.78 is 2.26. The van der Waals surface area contributed by atoms with Crippen LogP contribution in [0.25, 0.3) is 10.9 Å². The molecule has 0 spiro atoms. The molecule has 3 aromatic rings. The van der Waals surface area contributed by atoms with Crippen LogP contribution >= 0.6 is 0 Å². The van der Waals surface area contributed by atoms with Crippen molar-refractivity contribution >= 4 is 34.6 Å². The average molecular weight is 361 g/mol. The van der Waals surface area contributed by atoms with Crippen LogP contribution in [0.3, 0.4) is 0 Å². The first-order chi connectivity index (χ1) is 13.1. The van der Waals surface area contributed by atoms with E-state index < -0.39 is 5.97 Å². The molecule has 0 aliphatic carbocycles. The fourth-order valence-corrected chi connectivity index (χ4v) is 3.85. The van der Waals surface area contributed by atoms with Crippen molar-refractivity contribution in [2.24, 2.45) is 12.0 Å². The quantitative estimate of drug-likeness (QED) is 0.690. The van der Waals surface area contributed by atoms with E-state index in [4.69, 9.17) is 5.11 Å². The number of nitrogens with zero attached hydrogens (tertiary/aromatic N) is 3. The van der Waals surface area contributed by atoms with Crippen LogP contribution in [0.15, 0.2) is 53.5 Å². The number of hydrogen-bond acceptors (Lipinski definition) is 3. The molecule has 1 fully saturated rings. The van der Waals surface area contributed by atoms with E-state index in [2.05, 4.69) is 45.8 Å². The summed E-state index contributed by atoms with van der Waals surface area (Å²) in [4.78, 5) is 18.1. The number of aromatic carboxylic acids is 1.